The van der Waals surface area contributed by atoms with Crippen LogP contribution in [-0.2, 0) is 20.7 Å². The summed E-state index contributed by atoms with van der Waals surface area (Å²) >= 11 is 5.82. The first kappa shape index (κ1) is 17.9. The highest BCUT2D eigenvalue weighted by Gasteiger charge is 2.12. The first-order chi connectivity index (χ1) is 11.4. The molecule has 0 heterocycles. The van der Waals surface area contributed by atoms with Crippen LogP contribution in [0.2, 0.25) is 5.02 Å². The first-order valence-electron chi connectivity index (χ1n) is 7.39. The van der Waals surface area contributed by atoms with Gasteiger partial charge in [0.1, 0.15) is 5.82 Å². The van der Waals surface area contributed by atoms with E-state index in [2.05, 4.69) is 5.32 Å². The highest BCUT2D eigenvalue weighted by Crippen LogP contribution is 2.15. The molecular weight excluding hydrogens is 333 g/mol. The van der Waals surface area contributed by atoms with E-state index in [-0.39, 0.29) is 24.9 Å². The number of benzene rings is 2. The van der Waals surface area contributed by atoms with E-state index in [0.717, 1.165) is 5.56 Å². The highest BCUT2D eigenvalue weighted by atomic mass is 35.5. The third-order valence-electron chi connectivity index (χ3n) is 3.37. The summed E-state index contributed by atoms with van der Waals surface area (Å²) in [7, 11) is 0. The Bertz CT molecular complexity index is 701. The largest absolute Gasteiger partial charge is 0.455 e. The maximum absolute atomic E-state index is 12.8. The van der Waals surface area contributed by atoms with Gasteiger partial charge in [-0.25, -0.2) is 4.39 Å². The molecule has 24 heavy (non-hydrogen) atoms. The van der Waals surface area contributed by atoms with Crippen molar-refractivity contribution in [2.45, 2.75) is 19.4 Å². The quantitative estimate of drug-likeness (QED) is 0.813. The number of amides is 1. The van der Waals surface area contributed by atoms with E-state index in [0.29, 0.717) is 10.6 Å². The van der Waals surface area contributed by atoms with Crippen LogP contribution in [-0.4, -0.2) is 18.5 Å². The van der Waals surface area contributed by atoms with Crippen LogP contribution in [0.1, 0.15) is 24.1 Å². The third kappa shape index (κ3) is 5.66. The summed E-state index contributed by atoms with van der Waals surface area (Å²) in [4.78, 5) is 23.5. The van der Waals surface area contributed by atoms with Gasteiger partial charge in [0.15, 0.2) is 6.61 Å². The fourth-order valence-corrected chi connectivity index (χ4v) is 2.21. The summed E-state index contributed by atoms with van der Waals surface area (Å²) < 4.78 is 17.7. The molecule has 2 rings (SSSR count). The van der Waals surface area contributed by atoms with Gasteiger partial charge in [0.2, 0.25) is 0 Å². The maximum Gasteiger partial charge on any atom is 0.310 e. The van der Waals surface area contributed by atoms with Crippen molar-refractivity contribution in [1.29, 1.82) is 0 Å². The summed E-state index contributed by atoms with van der Waals surface area (Å²) in [6.07, 6.45) is -0.0136. The number of rotatable bonds is 6. The Morgan fingerprint density at radius 3 is 2.38 bits per heavy atom. The second-order valence-electron chi connectivity index (χ2n) is 5.30. The van der Waals surface area contributed by atoms with E-state index in [9.17, 15) is 14.0 Å². The van der Waals surface area contributed by atoms with Gasteiger partial charge in [-0.3, -0.25) is 9.59 Å². The molecule has 0 spiro atoms. The number of nitrogens with one attached hydrogen (secondary N) is 1. The van der Waals surface area contributed by atoms with Gasteiger partial charge >= 0.3 is 5.97 Å². The van der Waals surface area contributed by atoms with Crippen LogP contribution in [0.3, 0.4) is 0 Å². The molecule has 6 heteroatoms. The second kappa shape index (κ2) is 8.45. The van der Waals surface area contributed by atoms with Gasteiger partial charge in [-0.1, -0.05) is 35.9 Å². The molecule has 0 unspecified atom stereocenters. The molecule has 0 aliphatic rings. The number of halogens is 2. The monoisotopic (exact) mass is 349 g/mol. The van der Waals surface area contributed by atoms with Crippen LogP contribution >= 0.6 is 11.6 Å². The Kier molecular flexibility index (Phi) is 6.32. The lowest BCUT2D eigenvalue weighted by Gasteiger charge is -2.14. The Morgan fingerprint density at radius 1 is 1.12 bits per heavy atom. The fourth-order valence-electron chi connectivity index (χ4n) is 2.08. The summed E-state index contributed by atoms with van der Waals surface area (Å²) in [5, 5.41) is 3.35. The zero-order valence-electron chi connectivity index (χ0n) is 13.1. The van der Waals surface area contributed by atoms with Crippen LogP contribution in [0.15, 0.2) is 48.5 Å². The molecule has 0 aliphatic heterocycles. The van der Waals surface area contributed by atoms with Crippen molar-refractivity contribution in [3.63, 3.8) is 0 Å². The van der Waals surface area contributed by atoms with Crippen molar-refractivity contribution in [2.75, 3.05) is 6.61 Å². The van der Waals surface area contributed by atoms with Crippen molar-refractivity contribution in [3.05, 3.63) is 70.5 Å². The minimum absolute atomic E-state index is 0.0136. The minimum Gasteiger partial charge on any atom is -0.455 e. The smallest absolute Gasteiger partial charge is 0.310 e. The van der Waals surface area contributed by atoms with E-state index in [1.54, 1.807) is 12.1 Å². The molecule has 0 radical (unpaired) electrons. The lowest BCUT2D eigenvalue weighted by molar-refractivity contribution is -0.148. The zero-order chi connectivity index (χ0) is 17.5. The van der Waals surface area contributed by atoms with Gasteiger partial charge in [0, 0.05) is 5.02 Å². The fraction of sp³-hybridized carbons (Fsp3) is 0.222. The molecule has 0 fully saturated rings. The number of hydrogen-bond acceptors (Lipinski definition) is 3. The molecule has 0 saturated carbocycles. The van der Waals surface area contributed by atoms with Gasteiger partial charge in [0.05, 0.1) is 12.5 Å². The van der Waals surface area contributed by atoms with Crippen molar-refractivity contribution in [2.24, 2.45) is 0 Å². The third-order valence-corrected chi connectivity index (χ3v) is 3.63. The summed E-state index contributed by atoms with van der Waals surface area (Å²) in [5.41, 5.74) is 1.52. The summed E-state index contributed by atoms with van der Waals surface area (Å²) in [5.74, 6) is -1.32. The van der Waals surface area contributed by atoms with Crippen LogP contribution in [0.4, 0.5) is 4.39 Å². The summed E-state index contributed by atoms with van der Waals surface area (Å²) in [6.45, 7) is 1.46. The molecule has 0 aliphatic carbocycles. The number of esters is 1. The molecule has 0 bridgehead atoms. The maximum atomic E-state index is 12.8. The van der Waals surface area contributed by atoms with E-state index in [1.807, 2.05) is 19.1 Å². The summed E-state index contributed by atoms with van der Waals surface area (Å²) in [6, 6.07) is 12.4. The Labute approximate surface area is 144 Å². The van der Waals surface area contributed by atoms with Gasteiger partial charge in [-0.05, 0) is 42.3 Å². The zero-order valence-corrected chi connectivity index (χ0v) is 13.8. The average molecular weight is 350 g/mol. The van der Waals surface area contributed by atoms with Gasteiger partial charge in [0.25, 0.3) is 5.91 Å². The average Bonchev–Trinajstić information content (AvgIpc) is 2.55. The van der Waals surface area contributed by atoms with Gasteiger partial charge < -0.3 is 10.1 Å². The van der Waals surface area contributed by atoms with E-state index in [1.165, 1.54) is 24.3 Å². The van der Waals surface area contributed by atoms with Crippen LogP contribution < -0.4 is 5.32 Å². The molecule has 0 aromatic heterocycles. The molecule has 1 atom stereocenters. The molecule has 2 aromatic carbocycles. The number of hydrogen-bond donors (Lipinski definition) is 1. The van der Waals surface area contributed by atoms with Gasteiger partial charge in [-0.2, -0.15) is 0 Å². The standard InChI is InChI=1S/C18H17ClFNO3/c1-12(14-4-6-15(19)7-5-14)21-17(22)11-24-18(23)10-13-2-8-16(20)9-3-13/h2-9,12H,10-11H2,1H3,(H,21,22)/t12-/m0/s1. The molecule has 4 nitrogen and oxygen atoms in total. The van der Waals surface area contributed by atoms with E-state index in [4.69, 9.17) is 16.3 Å². The van der Waals surface area contributed by atoms with E-state index >= 15 is 0 Å². The molecule has 1 N–H and O–H groups in total. The number of ether oxygens (including phenoxy) is 1. The first-order valence-corrected chi connectivity index (χ1v) is 7.77. The lowest BCUT2D eigenvalue weighted by atomic mass is 10.1. The molecule has 2 aromatic rings. The highest BCUT2D eigenvalue weighted by molar-refractivity contribution is 6.30. The van der Waals surface area contributed by atoms with Crippen molar-refractivity contribution in [3.8, 4) is 0 Å². The Balaban J connectivity index is 1.76. The SMILES string of the molecule is C[C@H](NC(=O)COC(=O)Cc1ccc(F)cc1)c1ccc(Cl)cc1. The van der Waals surface area contributed by atoms with Crippen LogP contribution in [0.5, 0.6) is 0 Å². The topological polar surface area (TPSA) is 55.4 Å². The molecule has 0 saturated heterocycles. The molecular formula is C18H17ClFNO3. The van der Waals surface area contributed by atoms with Crippen molar-refractivity contribution < 1.29 is 18.7 Å². The van der Waals surface area contributed by atoms with Crippen LogP contribution in [0, 0.1) is 5.82 Å². The van der Waals surface area contributed by atoms with Crippen LogP contribution in [0.25, 0.3) is 0 Å². The lowest BCUT2D eigenvalue weighted by Crippen LogP contribution is -2.31. The number of carbonyl (C=O) groups is 2. The Hall–Kier alpha value is -2.40. The van der Waals surface area contributed by atoms with E-state index < -0.39 is 11.9 Å². The van der Waals surface area contributed by atoms with Crippen molar-refractivity contribution >= 4 is 23.5 Å². The van der Waals surface area contributed by atoms with Crippen molar-refractivity contribution in [1.82, 2.24) is 5.32 Å². The second-order valence-corrected chi connectivity index (χ2v) is 5.74. The normalized spacial score (nSPS) is 11.6. The molecule has 1 amide bonds. The predicted octanol–water partition coefficient (Wildman–Crippen LogP) is 3.44. The van der Waals surface area contributed by atoms with Gasteiger partial charge in [-0.15, -0.1) is 0 Å². The minimum atomic E-state index is -0.545. The predicted molar refractivity (Wildman–Crippen MR) is 89.1 cm³/mol. The molecule has 126 valence electrons. The Morgan fingerprint density at radius 2 is 1.75 bits per heavy atom. The number of carbonyl (C=O) groups excluding carboxylic acids is 2.